The highest BCUT2D eigenvalue weighted by Gasteiger charge is 2.48. The van der Waals surface area contributed by atoms with Crippen LogP contribution >= 0.6 is 0 Å². The van der Waals surface area contributed by atoms with Gasteiger partial charge in [0.2, 0.25) is 0 Å². The number of imide groups is 1. The number of methoxy groups -OCH3 is 2. The summed E-state index contributed by atoms with van der Waals surface area (Å²) >= 11 is 0. The van der Waals surface area contributed by atoms with Crippen molar-refractivity contribution in [2.24, 2.45) is 0 Å². The molecule has 0 radical (unpaired) electrons. The number of hydrogen-bond donors (Lipinski definition) is 1. The van der Waals surface area contributed by atoms with Gasteiger partial charge in [0.05, 0.1) is 20.9 Å². The number of urea groups is 1. The number of amides is 3. The first-order chi connectivity index (χ1) is 12.0. The van der Waals surface area contributed by atoms with E-state index in [9.17, 15) is 9.59 Å². The molecule has 2 aliphatic rings. The molecule has 0 aliphatic carbocycles. The summed E-state index contributed by atoms with van der Waals surface area (Å²) in [5.74, 6) is 1.06. The third-order valence-corrected chi connectivity index (χ3v) is 4.89. The Hall–Kier alpha value is -2.28. The third-order valence-electron chi connectivity index (χ3n) is 4.89. The smallest absolute Gasteiger partial charge is 0.326 e. The van der Waals surface area contributed by atoms with Crippen LogP contribution in [0.25, 0.3) is 0 Å². The first-order valence-corrected chi connectivity index (χ1v) is 8.54. The largest absolute Gasteiger partial charge is 0.493 e. The highest BCUT2D eigenvalue weighted by molar-refractivity contribution is 6.06. The summed E-state index contributed by atoms with van der Waals surface area (Å²) < 4.78 is 10.6. The molecule has 136 valence electrons. The minimum atomic E-state index is -0.948. The molecule has 1 N–H and O–H groups in total. The molecule has 3 rings (SSSR count). The molecule has 0 aromatic heterocycles. The lowest BCUT2D eigenvalue weighted by atomic mass is 9.92. The van der Waals surface area contributed by atoms with Crippen LogP contribution in [0.4, 0.5) is 4.79 Å². The second-order valence-electron chi connectivity index (χ2n) is 6.83. The molecule has 1 aromatic carbocycles. The summed E-state index contributed by atoms with van der Waals surface area (Å²) in [5.41, 5.74) is -0.0482. The zero-order valence-corrected chi connectivity index (χ0v) is 15.0. The third kappa shape index (κ3) is 3.42. The molecule has 0 unspecified atom stereocenters. The van der Waals surface area contributed by atoms with Crippen molar-refractivity contribution in [2.45, 2.75) is 31.7 Å². The van der Waals surface area contributed by atoms with Crippen molar-refractivity contribution in [3.8, 4) is 11.5 Å². The molecule has 1 aromatic rings. The predicted molar refractivity (Wildman–Crippen MR) is 92.7 cm³/mol. The van der Waals surface area contributed by atoms with Crippen LogP contribution in [-0.2, 0) is 11.2 Å². The Kier molecular flexibility index (Phi) is 4.85. The van der Waals surface area contributed by atoms with Crippen molar-refractivity contribution in [1.29, 1.82) is 0 Å². The van der Waals surface area contributed by atoms with Gasteiger partial charge in [0.15, 0.2) is 11.5 Å². The average molecular weight is 347 g/mol. The lowest BCUT2D eigenvalue weighted by molar-refractivity contribution is -0.132. The molecule has 0 spiro atoms. The van der Waals surface area contributed by atoms with Crippen LogP contribution in [0.3, 0.4) is 0 Å². The maximum Gasteiger partial charge on any atom is 0.326 e. The number of rotatable bonds is 6. The van der Waals surface area contributed by atoms with Crippen molar-refractivity contribution < 1.29 is 19.1 Å². The van der Waals surface area contributed by atoms with Crippen LogP contribution in [0.1, 0.15) is 25.3 Å². The van der Waals surface area contributed by atoms with Gasteiger partial charge >= 0.3 is 6.03 Å². The molecular formula is C18H25N3O4. The van der Waals surface area contributed by atoms with Crippen LogP contribution < -0.4 is 14.8 Å². The summed E-state index contributed by atoms with van der Waals surface area (Å²) in [7, 11) is 3.15. The van der Waals surface area contributed by atoms with E-state index in [1.807, 2.05) is 12.1 Å². The monoisotopic (exact) mass is 347 g/mol. The molecular weight excluding hydrogens is 322 g/mol. The van der Waals surface area contributed by atoms with Gasteiger partial charge in [-0.05, 0) is 50.6 Å². The molecule has 2 saturated heterocycles. The van der Waals surface area contributed by atoms with Crippen LogP contribution in [0.15, 0.2) is 18.2 Å². The van der Waals surface area contributed by atoms with E-state index in [1.165, 1.54) is 4.90 Å². The van der Waals surface area contributed by atoms with Crippen molar-refractivity contribution >= 4 is 11.9 Å². The zero-order chi connectivity index (χ0) is 18.0. The van der Waals surface area contributed by atoms with Gasteiger partial charge in [0.25, 0.3) is 5.91 Å². The molecule has 1 atom stereocenters. The zero-order valence-electron chi connectivity index (χ0n) is 15.0. The molecule has 0 saturated carbocycles. The van der Waals surface area contributed by atoms with Crippen LogP contribution in [0.2, 0.25) is 0 Å². The van der Waals surface area contributed by atoms with E-state index in [-0.39, 0.29) is 11.9 Å². The van der Waals surface area contributed by atoms with Gasteiger partial charge in [-0.3, -0.25) is 9.69 Å². The SMILES string of the molecule is COc1ccc(C[C@]2(C)NC(=O)N(CN3CCCC3)C2=O)cc1OC. The van der Waals surface area contributed by atoms with E-state index >= 15 is 0 Å². The van der Waals surface area contributed by atoms with Gasteiger partial charge in [-0.15, -0.1) is 0 Å². The predicted octanol–water partition coefficient (Wildman–Crippen LogP) is 1.61. The van der Waals surface area contributed by atoms with Crippen molar-refractivity contribution in [2.75, 3.05) is 34.0 Å². The number of nitrogens with one attached hydrogen (secondary N) is 1. The summed E-state index contributed by atoms with van der Waals surface area (Å²) in [6, 6.07) is 5.21. The lowest BCUT2D eigenvalue weighted by Gasteiger charge is -2.24. The summed E-state index contributed by atoms with van der Waals surface area (Å²) in [6.45, 7) is 4.01. The first-order valence-electron chi connectivity index (χ1n) is 8.54. The molecule has 0 bridgehead atoms. The second-order valence-corrected chi connectivity index (χ2v) is 6.83. The number of ether oxygens (including phenoxy) is 2. The van der Waals surface area contributed by atoms with Gasteiger partial charge < -0.3 is 14.8 Å². The Morgan fingerprint density at radius 2 is 1.80 bits per heavy atom. The van der Waals surface area contributed by atoms with Gasteiger partial charge in [-0.1, -0.05) is 6.07 Å². The van der Waals surface area contributed by atoms with Crippen molar-refractivity contribution in [3.05, 3.63) is 23.8 Å². The topological polar surface area (TPSA) is 71.1 Å². The van der Waals surface area contributed by atoms with E-state index in [4.69, 9.17) is 9.47 Å². The number of likely N-dealkylation sites (tertiary alicyclic amines) is 1. The van der Waals surface area contributed by atoms with E-state index in [0.717, 1.165) is 31.5 Å². The average Bonchev–Trinajstić information content (AvgIpc) is 3.18. The van der Waals surface area contributed by atoms with Crippen molar-refractivity contribution in [1.82, 2.24) is 15.1 Å². The number of carbonyl (C=O) groups is 2. The minimum Gasteiger partial charge on any atom is -0.493 e. The minimum absolute atomic E-state index is 0.181. The molecule has 7 nitrogen and oxygen atoms in total. The van der Waals surface area contributed by atoms with E-state index < -0.39 is 5.54 Å². The van der Waals surface area contributed by atoms with Crippen LogP contribution in [0, 0.1) is 0 Å². The molecule has 2 aliphatic heterocycles. The fourth-order valence-corrected chi connectivity index (χ4v) is 3.52. The fraction of sp³-hybridized carbons (Fsp3) is 0.556. The van der Waals surface area contributed by atoms with E-state index in [2.05, 4.69) is 10.2 Å². The number of hydrogen-bond acceptors (Lipinski definition) is 5. The Labute approximate surface area is 147 Å². The Bertz CT molecular complexity index is 672. The molecule has 3 amide bonds. The van der Waals surface area contributed by atoms with Crippen LogP contribution in [-0.4, -0.2) is 61.3 Å². The number of benzene rings is 1. The highest BCUT2D eigenvalue weighted by Crippen LogP contribution is 2.30. The lowest BCUT2D eigenvalue weighted by Crippen LogP contribution is -2.46. The van der Waals surface area contributed by atoms with Crippen molar-refractivity contribution in [3.63, 3.8) is 0 Å². The Balaban J connectivity index is 1.75. The van der Waals surface area contributed by atoms with Gasteiger partial charge in [0.1, 0.15) is 5.54 Å². The number of nitrogens with zero attached hydrogens (tertiary/aromatic N) is 2. The Morgan fingerprint density at radius 3 is 2.44 bits per heavy atom. The second kappa shape index (κ2) is 6.92. The maximum absolute atomic E-state index is 12.9. The van der Waals surface area contributed by atoms with Gasteiger partial charge in [-0.2, -0.15) is 0 Å². The number of carbonyl (C=O) groups excluding carboxylic acids is 2. The summed E-state index contributed by atoms with van der Waals surface area (Å²) in [6.07, 6.45) is 2.63. The molecule has 2 heterocycles. The Morgan fingerprint density at radius 1 is 1.12 bits per heavy atom. The van der Waals surface area contributed by atoms with E-state index in [0.29, 0.717) is 24.6 Å². The van der Waals surface area contributed by atoms with Gasteiger partial charge in [0, 0.05) is 6.42 Å². The first kappa shape index (κ1) is 17.5. The summed E-state index contributed by atoms with van der Waals surface area (Å²) in [5, 5.41) is 2.86. The van der Waals surface area contributed by atoms with E-state index in [1.54, 1.807) is 27.2 Å². The van der Waals surface area contributed by atoms with Gasteiger partial charge in [-0.25, -0.2) is 9.69 Å². The quantitative estimate of drug-likeness (QED) is 0.792. The summed E-state index contributed by atoms with van der Waals surface area (Å²) in [4.78, 5) is 28.7. The molecule has 25 heavy (non-hydrogen) atoms. The maximum atomic E-state index is 12.9. The fourth-order valence-electron chi connectivity index (χ4n) is 3.52. The highest BCUT2D eigenvalue weighted by atomic mass is 16.5. The molecule has 7 heteroatoms. The standard InChI is InChI=1S/C18H25N3O4/c1-18(11-13-6-7-14(24-2)15(10-13)25-3)16(22)21(17(23)19-18)12-20-8-4-5-9-20/h6-7,10H,4-5,8-9,11-12H2,1-3H3,(H,19,23)/t18-/m0/s1. The normalized spacial score (nSPS) is 23.9. The molecule has 2 fully saturated rings. The van der Waals surface area contributed by atoms with Crippen LogP contribution in [0.5, 0.6) is 11.5 Å².